The monoisotopic (exact) mass is 364 g/mol. The molecule has 0 unspecified atom stereocenters. The third-order valence-corrected chi connectivity index (χ3v) is 4.05. The zero-order valence-corrected chi connectivity index (χ0v) is 14.9. The van der Waals surface area contributed by atoms with E-state index in [-0.39, 0.29) is 30.3 Å². The minimum atomic E-state index is -0.167. The van der Waals surface area contributed by atoms with E-state index < -0.39 is 0 Å². The molecule has 0 saturated carbocycles. The number of aryl methyl sites for hydroxylation is 1. The molecule has 1 aromatic heterocycles. The molecule has 0 fully saturated rings. The molecule has 0 aliphatic rings. The van der Waals surface area contributed by atoms with Crippen LogP contribution in [0.1, 0.15) is 18.9 Å². The molecule has 3 rings (SSSR count). The zero-order chi connectivity index (χ0) is 19.2. The van der Waals surface area contributed by atoms with Crippen LogP contribution in [0, 0.1) is 0 Å². The molecule has 2 aromatic carbocycles. The maximum Gasteiger partial charge on any atom is 0.261 e. The Morgan fingerprint density at radius 3 is 2.74 bits per heavy atom. The number of rotatable bonds is 6. The Balaban J connectivity index is 1.57. The quantitative estimate of drug-likeness (QED) is 0.700. The van der Waals surface area contributed by atoms with E-state index in [0.717, 1.165) is 5.56 Å². The number of para-hydroxylation sites is 1. The Morgan fingerprint density at radius 1 is 1.11 bits per heavy atom. The summed E-state index contributed by atoms with van der Waals surface area (Å²) >= 11 is 0. The van der Waals surface area contributed by atoms with E-state index in [9.17, 15) is 14.4 Å². The average molecular weight is 364 g/mol. The predicted molar refractivity (Wildman–Crippen MR) is 103 cm³/mol. The highest BCUT2D eigenvalue weighted by Gasteiger charge is 2.07. The number of carbonyl (C=O) groups is 2. The normalized spacial score (nSPS) is 10.6. The molecule has 3 aromatic rings. The molecule has 0 aliphatic heterocycles. The number of nitrogens with one attached hydrogen (secondary N) is 2. The van der Waals surface area contributed by atoms with Crippen molar-refractivity contribution >= 4 is 28.4 Å². The maximum atomic E-state index is 12.4. The van der Waals surface area contributed by atoms with Crippen LogP contribution in [-0.4, -0.2) is 21.4 Å². The van der Waals surface area contributed by atoms with Crippen molar-refractivity contribution in [3.63, 3.8) is 0 Å². The van der Waals surface area contributed by atoms with Gasteiger partial charge in [0.05, 0.1) is 17.2 Å². The van der Waals surface area contributed by atoms with Gasteiger partial charge in [0, 0.05) is 32.1 Å². The molecular formula is C20H20N4O3. The number of carbonyl (C=O) groups excluding carboxylic acids is 2. The summed E-state index contributed by atoms with van der Waals surface area (Å²) < 4.78 is 1.44. The molecule has 0 saturated heterocycles. The number of amides is 2. The largest absolute Gasteiger partial charge is 0.352 e. The second-order valence-electron chi connectivity index (χ2n) is 6.17. The number of anilines is 1. The maximum absolute atomic E-state index is 12.4. The second-order valence-corrected chi connectivity index (χ2v) is 6.17. The summed E-state index contributed by atoms with van der Waals surface area (Å²) in [5, 5.41) is 6.06. The van der Waals surface area contributed by atoms with E-state index in [1.807, 2.05) is 18.2 Å². The highest BCUT2D eigenvalue weighted by molar-refractivity contribution is 5.88. The summed E-state index contributed by atoms with van der Waals surface area (Å²) in [7, 11) is 0. The van der Waals surface area contributed by atoms with Gasteiger partial charge in [-0.2, -0.15) is 0 Å². The first-order chi connectivity index (χ1) is 13.0. The van der Waals surface area contributed by atoms with E-state index in [1.165, 1.54) is 17.8 Å². The minimum absolute atomic E-state index is 0.148. The molecule has 2 amide bonds. The summed E-state index contributed by atoms with van der Waals surface area (Å²) in [5.74, 6) is -0.314. The van der Waals surface area contributed by atoms with Gasteiger partial charge in [0.2, 0.25) is 11.8 Å². The van der Waals surface area contributed by atoms with Crippen molar-refractivity contribution in [2.24, 2.45) is 0 Å². The number of nitrogens with zero attached hydrogens (tertiary/aromatic N) is 2. The van der Waals surface area contributed by atoms with Gasteiger partial charge in [0.25, 0.3) is 5.56 Å². The summed E-state index contributed by atoms with van der Waals surface area (Å²) in [4.78, 5) is 39.9. The van der Waals surface area contributed by atoms with Gasteiger partial charge in [0.15, 0.2) is 0 Å². The summed E-state index contributed by atoms with van der Waals surface area (Å²) in [5.41, 5.74) is 2.04. The first-order valence-corrected chi connectivity index (χ1v) is 8.60. The van der Waals surface area contributed by atoms with E-state index in [0.29, 0.717) is 23.1 Å². The van der Waals surface area contributed by atoms with Gasteiger partial charge in [-0.1, -0.05) is 24.3 Å². The van der Waals surface area contributed by atoms with Crippen molar-refractivity contribution in [2.75, 3.05) is 5.32 Å². The van der Waals surface area contributed by atoms with Gasteiger partial charge >= 0.3 is 0 Å². The Bertz CT molecular complexity index is 1040. The molecule has 0 bridgehead atoms. The van der Waals surface area contributed by atoms with Gasteiger partial charge < -0.3 is 10.6 Å². The first kappa shape index (κ1) is 18.3. The van der Waals surface area contributed by atoms with E-state index in [1.54, 1.807) is 30.3 Å². The molecule has 0 radical (unpaired) electrons. The first-order valence-electron chi connectivity index (χ1n) is 8.60. The van der Waals surface area contributed by atoms with Crippen molar-refractivity contribution < 1.29 is 9.59 Å². The number of fused-ring (bicyclic) bond motifs is 1. The number of hydrogen-bond acceptors (Lipinski definition) is 4. The zero-order valence-electron chi connectivity index (χ0n) is 14.9. The molecule has 0 atom stereocenters. The van der Waals surface area contributed by atoms with Crippen LogP contribution in [-0.2, 0) is 22.7 Å². The SMILES string of the molecule is CC(=O)Nc1cccc(CNC(=O)CCn2cnc3ccccc3c2=O)c1. The molecule has 0 spiro atoms. The summed E-state index contributed by atoms with van der Waals surface area (Å²) in [6, 6.07) is 14.4. The van der Waals surface area contributed by atoms with Gasteiger partial charge in [-0.3, -0.25) is 19.0 Å². The Kier molecular flexibility index (Phi) is 5.61. The fourth-order valence-electron chi connectivity index (χ4n) is 2.74. The van der Waals surface area contributed by atoms with Gasteiger partial charge in [-0.25, -0.2) is 4.98 Å². The topological polar surface area (TPSA) is 93.1 Å². The molecule has 1 heterocycles. The van der Waals surface area contributed by atoms with Crippen molar-refractivity contribution in [3.05, 3.63) is 70.8 Å². The molecule has 7 nitrogen and oxygen atoms in total. The molecule has 0 aliphatic carbocycles. The highest BCUT2D eigenvalue weighted by Crippen LogP contribution is 2.10. The minimum Gasteiger partial charge on any atom is -0.352 e. The fourth-order valence-corrected chi connectivity index (χ4v) is 2.74. The summed E-state index contributed by atoms with van der Waals surface area (Å²) in [6.45, 7) is 2.05. The van der Waals surface area contributed by atoms with Crippen LogP contribution in [0.25, 0.3) is 10.9 Å². The van der Waals surface area contributed by atoms with Gasteiger partial charge in [-0.15, -0.1) is 0 Å². The Labute approximate surface area is 156 Å². The van der Waals surface area contributed by atoms with Crippen LogP contribution in [0.2, 0.25) is 0 Å². The fraction of sp³-hybridized carbons (Fsp3) is 0.200. The van der Waals surface area contributed by atoms with E-state index >= 15 is 0 Å². The van der Waals surface area contributed by atoms with Crippen LogP contribution in [0.5, 0.6) is 0 Å². The lowest BCUT2D eigenvalue weighted by molar-refractivity contribution is -0.121. The molecule has 27 heavy (non-hydrogen) atoms. The van der Waals surface area contributed by atoms with Crippen LogP contribution in [0.3, 0.4) is 0 Å². The van der Waals surface area contributed by atoms with Crippen LogP contribution in [0.15, 0.2) is 59.7 Å². The smallest absolute Gasteiger partial charge is 0.261 e. The van der Waals surface area contributed by atoms with Crippen molar-refractivity contribution in [2.45, 2.75) is 26.4 Å². The van der Waals surface area contributed by atoms with Crippen molar-refractivity contribution in [1.29, 1.82) is 0 Å². The number of aromatic nitrogens is 2. The lowest BCUT2D eigenvalue weighted by Gasteiger charge is -2.09. The Morgan fingerprint density at radius 2 is 1.93 bits per heavy atom. The van der Waals surface area contributed by atoms with Crippen LogP contribution in [0.4, 0.5) is 5.69 Å². The third kappa shape index (κ3) is 4.78. The van der Waals surface area contributed by atoms with E-state index in [4.69, 9.17) is 0 Å². The molecular weight excluding hydrogens is 344 g/mol. The standard InChI is InChI=1S/C20H20N4O3/c1-14(25)23-16-6-4-5-15(11-16)12-21-19(26)9-10-24-13-22-18-8-3-2-7-17(18)20(24)27/h2-8,11,13H,9-10,12H2,1H3,(H,21,26)(H,23,25). The Hall–Kier alpha value is -3.48. The third-order valence-electron chi connectivity index (χ3n) is 4.05. The van der Waals surface area contributed by atoms with Crippen LogP contribution >= 0.6 is 0 Å². The molecule has 2 N–H and O–H groups in total. The molecule has 138 valence electrons. The van der Waals surface area contributed by atoms with Gasteiger partial charge in [-0.05, 0) is 29.8 Å². The van der Waals surface area contributed by atoms with E-state index in [2.05, 4.69) is 15.6 Å². The number of benzene rings is 2. The predicted octanol–water partition coefficient (Wildman–Crippen LogP) is 2.06. The van der Waals surface area contributed by atoms with Crippen molar-refractivity contribution in [1.82, 2.24) is 14.9 Å². The second kappa shape index (κ2) is 8.27. The summed E-state index contributed by atoms with van der Waals surface area (Å²) in [6.07, 6.45) is 1.64. The molecule has 7 heteroatoms. The van der Waals surface area contributed by atoms with Crippen LogP contribution < -0.4 is 16.2 Å². The van der Waals surface area contributed by atoms with Gasteiger partial charge in [0.1, 0.15) is 0 Å². The lowest BCUT2D eigenvalue weighted by atomic mass is 10.2. The average Bonchev–Trinajstić information content (AvgIpc) is 2.66. The highest BCUT2D eigenvalue weighted by atomic mass is 16.2. The lowest BCUT2D eigenvalue weighted by Crippen LogP contribution is -2.27. The number of hydrogen-bond donors (Lipinski definition) is 2. The van der Waals surface area contributed by atoms with Crippen molar-refractivity contribution in [3.8, 4) is 0 Å².